The van der Waals surface area contributed by atoms with Crippen molar-refractivity contribution in [2.75, 3.05) is 19.5 Å². The number of nitrogens with zero attached hydrogens (tertiary/aromatic N) is 2. The van der Waals surface area contributed by atoms with Crippen molar-refractivity contribution in [1.29, 1.82) is 0 Å². The Kier molecular flexibility index (Phi) is 6.41. The molecule has 3 rings (SSSR count). The predicted octanol–water partition coefficient (Wildman–Crippen LogP) is 3.04. The van der Waals surface area contributed by atoms with Gasteiger partial charge in [0.15, 0.2) is 11.5 Å². The zero-order valence-corrected chi connectivity index (χ0v) is 15.8. The Morgan fingerprint density at radius 1 is 0.929 bits per heavy atom. The van der Waals surface area contributed by atoms with E-state index < -0.39 is 0 Å². The monoisotopic (exact) mass is 378 g/mol. The van der Waals surface area contributed by atoms with Crippen LogP contribution in [-0.2, 0) is 13.1 Å². The van der Waals surface area contributed by atoms with Crippen LogP contribution in [0.15, 0.2) is 60.9 Å². The van der Waals surface area contributed by atoms with Gasteiger partial charge in [-0.25, -0.2) is 4.98 Å². The minimum Gasteiger partial charge on any atom is -0.493 e. The molecular weight excluding hydrogens is 356 g/mol. The fourth-order valence-electron chi connectivity index (χ4n) is 2.63. The van der Waals surface area contributed by atoms with Crippen LogP contribution in [0.2, 0.25) is 0 Å². The maximum Gasteiger partial charge on any atom is 0.251 e. The number of amides is 1. The Labute approximate surface area is 163 Å². The number of carbonyl (C=O) groups is 1. The van der Waals surface area contributed by atoms with Crippen molar-refractivity contribution in [2.45, 2.75) is 13.1 Å². The lowest BCUT2D eigenvalue weighted by molar-refractivity contribution is 0.0951. The van der Waals surface area contributed by atoms with Crippen LogP contribution in [0.3, 0.4) is 0 Å². The van der Waals surface area contributed by atoms with E-state index in [0.29, 0.717) is 36.0 Å². The van der Waals surface area contributed by atoms with Gasteiger partial charge in [0, 0.05) is 24.5 Å². The Morgan fingerprint density at radius 2 is 1.79 bits per heavy atom. The second kappa shape index (κ2) is 9.36. The van der Waals surface area contributed by atoms with E-state index >= 15 is 0 Å². The second-order valence-electron chi connectivity index (χ2n) is 5.98. The molecule has 0 unspecified atom stereocenters. The first kappa shape index (κ1) is 19.2. The van der Waals surface area contributed by atoms with Gasteiger partial charge in [-0.05, 0) is 42.0 Å². The van der Waals surface area contributed by atoms with Gasteiger partial charge in [0.2, 0.25) is 0 Å². The molecule has 0 fully saturated rings. The van der Waals surface area contributed by atoms with Crippen molar-refractivity contribution in [3.8, 4) is 11.5 Å². The summed E-state index contributed by atoms with van der Waals surface area (Å²) in [5.74, 6) is 1.71. The van der Waals surface area contributed by atoms with Gasteiger partial charge < -0.3 is 20.1 Å². The first-order chi connectivity index (χ1) is 13.7. The van der Waals surface area contributed by atoms with Gasteiger partial charge in [-0.1, -0.05) is 12.1 Å². The largest absolute Gasteiger partial charge is 0.493 e. The molecule has 0 aliphatic carbocycles. The zero-order chi connectivity index (χ0) is 19.8. The Hall–Kier alpha value is -3.61. The van der Waals surface area contributed by atoms with Crippen LogP contribution in [-0.4, -0.2) is 30.1 Å². The second-order valence-corrected chi connectivity index (χ2v) is 5.98. The van der Waals surface area contributed by atoms with E-state index in [9.17, 15) is 4.79 Å². The van der Waals surface area contributed by atoms with Gasteiger partial charge >= 0.3 is 0 Å². The highest BCUT2D eigenvalue weighted by Crippen LogP contribution is 2.27. The SMILES string of the molecule is COc1ccc(CNC(=O)c2ccnc(NCc3ccccn3)c2)cc1OC. The van der Waals surface area contributed by atoms with Crippen molar-refractivity contribution in [3.05, 3.63) is 77.7 Å². The van der Waals surface area contributed by atoms with Gasteiger partial charge in [0.05, 0.1) is 26.5 Å². The minimum absolute atomic E-state index is 0.182. The van der Waals surface area contributed by atoms with Gasteiger partial charge in [0.25, 0.3) is 5.91 Å². The average Bonchev–Trinajstić information content (AvgIpc) is 2.76. The number of anilines is 1. The van der Waals surface area contributed by atoms with E-state index in [-0.39, 0.29) is 5.91 Å². The number of hydrogen-bond donors (Lipinski definition) is 2. The molecule has 0 atom stereocenters. The minimum atomic E-state index is -0.182. The highest BCUT2D eigenvalue weighted by molar-refractivity contribution is 5.94. The van der Waals surface area contributed by atoms with Crippen LogP contribution >= 0.6 is 0 Å². The van der Waals surface area contributed by atoms with Crippen LogP contribution in [0.4, 0.5) is 5.82 Å². The van der Waals surface area contributed by atoms with Crippen LogP contribution < -0.4 is 20.1 Å². The molecule has 2 aromatic heterocycles. The molecule has 1 aromatic carbocycles. The lowest BCUT2D eigenvalue weighted by Crippen LogP contribution is -2.23. The number of carbonyl (C=O) groups excluding carboxylic acids is 1. The summed E-state index contributed by atoms with van der Waals surface area (Å²) in [6.07, 6.45) is 3.34. The van der Waals surface area contributed by atoms with Gasteiger partial charge in [-0.15, -0.1) is 0 Å². The fraction of sp³-hybridized carbons (Fsp3) is 0.190. The van der Waals surface area contributed by atoms with Crippen LogP contribution in [0.5, 0.6) is 11.5 Å². The third kappa shape index (κ3) is 4.97. The highest BCUT2D eigenvalue weighted by atomic mass is 16.5. The molecular formula is C21H22N4O3. The molecule has 0 saturated carbocycles. The third-order valence-electron chi connectivity index (χ3n) is 4.10. The van der Waals surface area contributed by atoms with Crippen molar-refractivity contribution < 1.29 is 14.3 Å². The number of ether oxygens (including phenoxy) is 2. The first-order valence-corrected chi connectivity index (χ1v) is 8.78. The van der Waals surface area contributed by atoms with Crippen molar-refractivity contribution in [2.24, 2.45) is 0 Å². The van der Waals surface area contributed by atoms with Crippen molar-refractivity contribution in [3.63, 3.8) is 0 Å². The standard InChI is InChI=1S/C21H22N4O3/c1-27-18-7-6-15(11-19(18)28-2)13-25-21(26)16-8-10-23-20(12-16)24-14-17-5-3-4-9-22-17/h3-12H,13-14H2,1-2H3,(H,23,24)(H,25,26). The smallest absolute Gasteiger partial charge is 0.251 e. The third-order valence-corrected chi connectivity index (χ3v) is 4.10. The molecule has 0 aliphatic heterocycles. The molecule has 144 valence electrons. The lowest BCUT2D eigenvalue weighted by atomic mass is 10.2. The van der Waals surface area contributed by atoms with E-state index in [1.807, 2.05) is 36.4 Å². The molecule has 0 spiro atoms. The van der Waals surface area contributed by atoms with E-state index in [2.05, 4.69) is 20.6 Å². The van der Waals surface area contributed by atoms with E-state index in [1.165, 1.54) is 0 Å². The van der Waals surface area contributed by atoms with E-state index in [4.69, 9.17) is 9.47 Å². The van der Waals surface area contributed by atoms with E-state index in [0.717, 1.165) is 11.3 Å². The Balaban J connectivity index is 1.60. The highest BCUT2D eigenvalue weighted by Gasteiger charge is 2.09. The molecule has 0 aliphatic rings. The lowest BCUT2D eigenvalue weighted by Gasteiger charge is -2.11. The summed E-state index contributed by atoms with van der Waals surface area (Å²) >= 11 is 0. The molecule has 2 heterocycles. The number of nitrogens with one attached hydrogen (secondary N) is 2. The molecule has 2 N–H and O–H groups in total. The molecule has 28 heavy (non-hydrogen) atoms. The number of benzene rings is 1. The topological polar surface area (TPSA) is 85.4 Å². The van der Waals surface area contributed by atoms with Crippen LogP contribution in [0.1, 0.15) is 21.6 Å². The summed E-state index contributed by atoms with van der Waals surface area (Å²) in [5, 5.41) is 6.08. The molecule has 3 aromatic rings. The summed E-state index contributed by atoms with van der Waals surface area (Å²) in [4.78, 5) is 21.0. The number of pyridine rings is 2. The summed E-state index contributed by atoms with van der Waals surface area (Å²) < 4.78 is 10.5. The fourth-order valence-corrected chi connectivity index (χ4v) is 2.63. The summed E-state index contributed by atoms with van der Waals surface area (Å²) in [7, 11) is 3.17. The molecule has 7 heteroatoms. The van der Waals surface area contributed by atoms with Gasteiger partial charge in [-0.3, -0.25) is 9.78 Å². The predicted molar refractivity (Wildman–Crippen MR) is 107 cm³/mol. The van der Waals surface area contributed by atoms with Gasteiger partial charge in [0.1, 0.15) is 5.82 Å². The van der Waals surface area contributed by atoms with Crippen LogP contribution in [0, 0.1) is 0 Å². The molecule has 1 amide bonds. The average molecular weight is 378 g/mol. The molecule has 7 nitrogen and oxygen atoms in total. The van der Waals surface area contributed by atoms with Crippen molar-refractivity contribution in [1.82, 2.24) is 15.3 Å². The number of rotatable bonds is 8. The van der Waals surface area contributed by atoms with Crippen molar-refractivity contribution >= 4 is 11.7 Å². The maximum atomic E-state index is 12.5. The molecule has 0 saturated heterocycles. The van der Waals surface area contributed by atoms with Gasteiger partial charge in [-0.2, -0.15) is 0 Å². The molecule has 0 bridgehead atoms. The number of hydrogen-bond acceptors (Lipinski definition) is 6. The quantitative estimate of drug-likeness (QED) is 0.627. The first-order valence-electron chi connectivity index (χ1n) is 8.78. The summed E-state index contributed by atoms with van der Waals surface area (Å²) in [6, 6.07) is 14.6. The van der Waals surface area contributed by atoms with E-state index in [1.54, 1.807) is 38.7 Å². The normalized spacial score (nSPS) is 10.2. The zero-order valence-electron chi connectivity index (χ0n) is 15.8. The number of aromatic nitrogens is 2. The Bertz CT molecular complexity index is 932. The van der Waals surface area contributed by atoms with Crippen LogP contribution in [0.25, 0.3) is 0 Å². The summed E-state index contributed by atoms with van der Waals surface area (Å²) in [5.41, 5.74) is 2.33. The molecule has 0 radical (unpaired) electrons. The Morgan fingerprint density at radius 3 is 2.54 bits per heavy atom. The summed E-state index contributed by atoms with van der Waals surface area (Å²) in [6.45, 7) is 0.906. The maximum absolute atomic E-state index is 12.5. The number of methoxy groups -OCH3 is 2.